The Morgan fingerprint density at radius 3 is 1.76 bits per heavy atom. The molecular formula is C29H30FN3O4. The van der Waals surface area contributed by atoms with Crippen LogP contribution in [0.5, 0.6) is 0 Å². The summed E-state index contributed by atoms with van der Waals surface area (Å²) >= 11 is 0. The number of hydrogen-bond acceptors (Lipinski definition) is 5. The molecule has 2 amide bonds. The normalized spacial score (nSPS) is 11.9. The van der Waals surface area contributed by atoms with E-state index in [1.54, 1.807) is 71.9 Å². The number of fused-ring (bicyclic) bond motifs is 3. The largest absolute Gasteiger partial charge is 0.444 e. The third kappa shape index (κ3) is 6.52. The summed E-state index contributed by atoms with van der Waals surface area (Å²) in [5, 5.41) is 8.00. The lowest BCUT2D eigenvalue weighted by Gasteiger charge is -2.20. The van der Waals surface area contributed by atoms with Crippen molar-refractivity contribution in [1.82, 2.24) is 4.98 Å². The Bertz CT molecular complexity index is 1490. The Hall–Kier alpha value is -4.20. The zero-order valence-corrected chi connectivity index (χ0v) is 21.7. The van der Waals surface area contributed by atoms with Crippen molar-refractivity contribution in [2.75, 3.05) is 10.6 Å². The van der Waals surface area contributed by atoms with Gasteiger partial charge < -0.3 is 9.47 Å². The average molecular weight is 504 g/mol. The summed E-state index contributed by atoms with van der Waals surface area (Å²) in [6, 6.07) is 16.9. The number of hydrogen-bond donors (Lipinski definition) is 2. The first kappa shape index (κ1) is 25.9. The first-order chi connectivity index (χ1) is 17.3. The van der Waals surface area contributed by atoms with Gasteiger partial charge in [0.25, 0.3) is 0 Å². The molecule has 4 aromatic rings. The van der Waals surface area contributed by atoms with Crippen molar-refractivity contribution < 1.29 is 23.5 Å². The van der Waals surface area contributed by atoms with E-state index in [9.17, 15) is 14.0 Å². The molecule has 37 heavy (non-hydrogen) atoms. The molecule has 1 heterocycles. The highest BCUT2D eigenvalue weighted by Gasteiger charge is 2.19. The first-order valence-corrected chi connectivity index (χ1v) is 11.9. The number of rotatable bonds is 3. The molecular weight excluding hydrogens is 473 g/mol. The van der Waals surface area contributed by atoms with E-state index in [1.807, 2.05) is 18.2 Å². The first-order valence-electron chi connectivity index (χ1n) is 11.9. The molecule has 0 saturated carbocycles. The van der Waals surface area contributed by atoms with Gasteiger partial charge in [0.1, 0.15) is 17.0 Å². The molecule has 0 radical (unpaired) electrons. The van der Waals surface area contributed by atoms with Gasteiger partial charge >= 0.3 is 12.2 Å². The molecule has 0 aliphatic heterocycles. The lowest BCUT2D eigenvalue weighted by atomic mass is 9.99. The number of halogens is 1. The minimum atomic E-state index is -0.636. The van der Waals surface area contributed by atoms with Gasteiger partial charge in [-0.15, -0.1) is 0 Å². The van der Waals surface area contributed by atoms with Crippen molar-refractivity contribution in [3.8, 4) is 11.3 Å². The van der Waals surface area contributed by atoms with Crippen LogP contribution < -0.4 is 10.6 Å². The highest BCUT2D eigenvalue weighted by molar-refractivity contribution is 6.13. The molecule has 0 bridgehead atoms. The van der Waals surface area contributed by atoms with Gasteiger partial charge in [-0.2, -0.15) is 0 Å². The predicted octanol–water partition coefficient (Wildman–Crippen LogP) is 7.89. The molecule has 0 saturated heterocycles. The number of pyridine rings is 1. The molecule has 7 nitrogen and oxygen atoms in total. The van der Waals surface area contributed by atoms with Gasteiger partial charge in [-0.3, -0.25) is 10.6 Å². The Morgan fingerprint density at radius 2 is 1.22 bits per heavy atom. The highest BCUT2D eigenvalue weighted by Crippen LogP contribution is 2.35. The zero-order valence-electron chi connectivity index (χ0n) is 21.7. The van der Waals surface area contributed by atoms with E-state index < -0.39 is 23.4 Å². The van der Waals surface area contributed by atoms with E-state index in [2.05, 4.69) is 10.6 Å². The van der Waals surface area contributed by atoms with Gasteiger partial charge in [0, 0.05) is 27.7 Å². The van der Waals surface area contributed by atoms with E-state index in [-0.39, 0.29) is 5.82 Å². The predicted molar refractivity (Wildman–Crippen MR) is 144 cm³/mol. The number of aromatic nitrogens is 1. The van der Waals surface area contributed by atoms with Gasteiger partial charge in [0.2, 0.25) is 0 Å². The maximum atomic E-state index is 13.7. The van der Waals surface area contributed by atoms with Crippen LogP contribution in [0.25, 0.3) is 32.9 Å². The second-order valence-electron chi connectivity index (χ2n) is 10.7. The van der Waals surface area contributed by atoms with Crippen molar-refractivity contribution in [2.24, 2.45) is 0 Å². The number of ether oxygens (including phenoxy) is 2. The van der Waals surface area contributed by atoms with E-state index in [0.29, 0.717) is 28.1 Å². The van der Waals surface area contributed by atoms with Gasteiger partial charge in [-0.05, 0) is 95.5 Å². The molecule has 0 spiro atoms. The second-order valence-corrected chi connectivity index (χ2v) is 10.7. The average Bonchev–Trinajstić information content (AvgIpc) is 2.76. The van der Waals surface area contributed by atoms with Crippen LogP contribution in [0.3, 0.4) is 0 Å². The summed E-state index contributed by atoms with van der Waals surface area (Å²) in [6.45, 7) is 10.8. The van der Waals surface area contributed by atoms with Crippen molar-refractivity contribution in [3.63, 3.8) is 0 Å². The fourth-order valence-corrected chi connectivity index (χ4v) is 3.83. The van der Waals surface area contributed by atoms with Crippen LogP contribution in [0, 0.1) is 5.82 Å². The minimum absolute atomic E-state index is 0.357. The van der Waals surface area contributed by atoms with Crippen molar-refractivity contribution >= 4 is 45.2 Å². The molecule has 0 aliphatic rings. The summed E-state index contributed by atoms with van der Waals surface area (Å²) in [7, 11) is 0. The van der Waals surface area contributed by atoms with Crippen LogP contribution in [-0.4, -0.2) is 28.4 Å². The summed E-state index contributed by atoms with van der Waals surface area (Å²) in [6.07, 6.45) is -1.13. The monoisotopic (exact) mass is 503 g/mol. The molecule has 0 fully saturated rings. The molecule has 0 aliphatic carbocycles. The van der Waals surface area contributed by atoms with E-state index >= 15 is 0 Å². The van der Waals surface area contributed by atoms with Crippen LogP contribution in [0.2, 0.25) is 0 Å². The molecule has 192 valence electrons. The number of anilines is 2. The molecule has 1 aromatic heterocycles. The van der Waals surface area contributed by atoms with E-state index in [1.165, 1.54) is 12.1 Å². The molecule has 0 unspecified atom stereocenters. The fraction of sp³-hybridized carbons (Fsp3) is 0.276. The maximum Gasteiger partial charge on any atom is 0.412 e. The van der Waals surface area contributed by atoms with Crippen molar-refractivity contribution in [1.29, 1.82) is 0 Å². The minimum Gasteiger partial charge on any atom is -0.444 e. The van der Waals surface area contributed by atoms with Crippen molar-refractivity contribution in [3.05, 3.63) is 66.5 Å². The Balaban J connectivity index is 1.81. The number of amides is 2. The number of nitrogens with one attached hydrogen (secondary N) is 2. The Labute approximate surface area is 215 Å². The second kappa shape index (κ2) is 9.69. The third-order valence-corrected chi connectivity index (χ3v) is 5.20. The molecule has 3 aromatic carbocycles. The van der Waals surface area contributed by atoms with E-state index in [0.717, 1.165) is 16.2 Å². The number of nitrogens with zero attached hydrogens (tertiary/aromatic N) is 1. The van der Waals surface area contributed by atoms with E-state index in [4.69, 9.17) is 14.5 Å². The standard InChI is InChI=1S/C29H30FN3O4/c1-28(2,3)36-26(34)31-19-11-13-21-22-14-12-20(32-27(35)37-29(4,5)6)16-24(22)33-25(23(21)15-19)17-7-9-18(30)10-8-17/h7-16H,1-6H3,(H,31,34)(H,32,35). The van der Waals surface area contributed by atoms with Crippen molar-refractivity contribution in [2.45, 2.75) is 52.7 Å². The van der Waals surface area contributed by atoms with Gasteiger partial charge in [0.15, 0.2) is 0 Å². The van der Waals surface area contributed by atoms with Gasteiger partial charge in [-0.1, -0.05) is 12.1 Å². The third-order valence-electron chi connectivity index (χ3n) is 5.20. The Kier molecular flexibility index (Phi) is 6.78. The molecule has 8 heteroatoms. The highest BCUT2D eigenvalue weighted by atomic mass is 19.1. The number of carbonyl (C=O) groups is 2. The topological polar surface area (TPSA) is 89.5 Å². The fourth-order valence-electron chi connectivity index (χ4n) is 3.83. The quantitative estimate of drug-likeness (QED) is 0.278. The molecule has 2 N–H and O–H groups in total. The summed E-state index contributed by atoms with van der Waals surface area (Å²) < 4.78 is 24.4. The zero-order chi connectivity index (χ0) is 27.0. The van der Waals surface area contributed by atoms with Crippen LogP contribution in [0.1, 0.15) is 41.5 Å². The Morgan fingerprint density at radius 1 is 0.703 bits per heavy atom. The molecule has 4 rings (SSSR count). The summed E-state index contributed by atoms with van der Waals surface area (Å²) in [5.74, 6) is -0.357. The molecule has 0 atom stereocenters. The number of benzene rings is 3. The number of carbonyl (C=O) groups excluding carboxylic acids is 2. The summed E-state index contributed by atoms with van der Waals surface area (Å²) in [4.78, 5) is 29.5. The van der Waals surface area contributed by atoms with Gasteiger partial charge in [0.05, 0.1) is 11.2 Å². The van der Waals surface area contributed by atoms with Gasteiger partial charge in [-0.25, -0.2) is 19.0 Å². The van der Waals surface area contributed by atoms with Crippen LogP contribution in [0.15, 0.2) is 60.7 Å². The SMILES string of the molecule is CC(C)(C)OC(=O)Nc1ccc2c(c1)nc(-c1ccc(F)cc1)c1cc(NC(=O)OC(C)(C)C)ccc12. The van der Waals surface area contributed by atoms with Crippen LogP contribution >= 0.6 is 0 Å². The lowest BCUT2D eigenvalue weighted by molar-refractivity contribution is 0.0624. The van der Waals surface area contributed by atoms with Crippen LogP contribution in [-0.2, 0) is 9.47 Å². The smallest absolute Gasteiger partial charge is 0.412 e. The lowest BCUT2D eigenvalue weighted by Crippen LogP contribution is -2.27. The van der Waals surface area contributed by atoms with Crippen LogP contribution in [0.4, 0.5) is 25.4 Å². The maximum absolute atomic E-state index is 13.7. The summed E-state index contributed by atoms with van der Waals surface area (Å²) in [5.41, 5.74) is 1.74.